The molecule has 0 bridgehead atoms. The monoisotopic (exact) mass is 263 g/mol. The Morgan fingerprint density at radius 1 is 1.53 bits per heavy atom. The number of hydrogen-bond acceptors (Lipinski definition) is 4. The minimum absolute atomic E-state index is 0.195. The number of amides is 2. The van der Waals surface area contributed by atoms with Gasteiger partial charge in [0.05, 0.1) is 11.6 Å². The van der Waals surface area contributed by atoms with Crippen molar-refractivity contribution in [3.8, 4) is 5.75 Å². The van der Waals surface area contributed by atoms with Crippen molar-refractivity contribution < 1.29 is 14.3 Å². The molecule has 2 atom stereocenters. The fourth-order valence-corrected chi connectivity index (χ4v) is 1.94. The number of nitrogens with zero attached hydrogens (tertiary/aromatic N) is 1. The predicted octanol–water partition coefficient (Wildman–Crippen LogP) is 0.842. The lowest BCUT2D eigenvalue weighted by Crippen LogP contribution is -2.36. The second-order valence-corrected chi connectivity index (χ2v) is 4.68. The van der Waals surface area contributed by atoms with Crippen molar-refractivity contribution in [2.24, 2.45) is 5.84 Å². The lowest BCUT2D eigenvalue weighted by molar-refractivity contribution is -0.131. The maximum Gasteiger partial charge on any atom is 0.265 e. The molecule has 1 heterocycles. The van der Waals surface area contributed by atoms with Gasteiger partial charge in [-0.15, -0.1) is 0 Å². The summed E-state index contributed by atoms with van der Waals surface area (Å²) in [7, 11) is 1.50. The third-order valence-corrected chi connectivity index (χ3v) is 3.15. The zero-order chi connectivity index (χ0) is 14.2. The fraction of sp³-hybridized carbons (Fsp3) is 0.385. The topological polar surface area (TPSA) is 84.7 Å². The molecular weight excluding hydrogens is 246 g/mol. The molecule has 0 aliphatic carbocycles. The molecule has 1 aromatic rings. The van der Waals surface area contributed by atoms with Crippen LogP contribution in [-0.4, -0.2) is 30.0 Å². The summed E-state index contributed by atoms with van der Waals surface area (Å²) in [6.07, 6.45) is -0.507. The second-order valence-electron chi connectivity index (χ2n) is 4.68. The molecule has 6 heteroatoms. The average molecular weight is 263 g/mol. The van der Waals surface area contributed by atoms with Crippen LogP contribution in [0.3, 0.4) is 0 Å². The largest absolute Gasteiger partial charge is 0.479 e. The molecule has 0 saturated carbocycles. The highest BCUT2D eigenvalue weighted by Crippen LogP contribution is 2.32. The van der Waals surface area contributed by atoms with E-state index in [0.29, 0.717) is 11.4 Å². The molecule has 19 heavy (non-hydrogen) atoms. The molecule has 1 aliphatic rings. The summed E-state index contributed by atoms with van der Waals surface area (Å²) in [6.45, 7) is 3.45. The lowest BCUT2D eigenvalue weighted by atomic mass is 9.99. The molecule has 102 valence electrons. The van der Waals surface area contributed by atoms with Crippen molar-refractivity contribution in [2.45, 2.75) is 25.9 Å². The van der Waals surface area contributed by atoms with Gasteiger partial charge in [-0.05, 0) is 31.5 Å². The number of nitrogens with one attached hydrogen (secondary N) is 1. The minimum atomic E-state index is -0.507. The summed E-state index contributed by atoms with van der Waals surface area (Å²) in [4.78, 5) is 23.4. The number of rotatable bonds is 2. The van der Waals surface area contributed by atoms with E-state index in [2.05, 4.69) is 5.32 Å². The van der Waals surface area contributed by atoms with Gasteiger partial charge < -0.3 is 10.1 Å². The standard InChI is InChI=1S/C13H17N3O3/c1-7(13(18)16(3)14)9-4-5-11-10(6-9)15-12(17)8(2)19-11/h4-8H,14H2,1-3H3,(H,15,17). The van der Waals surface area contributed by atoms with Gasteiger partial charge in [0, 0.05) is 7.05 Å². The quantitative estimate of drug-likeness (QED) is 0.470. The third-order valence-electron chi connectivity index (χ3n) is 3.15. The molecule has 0 spiro atoms. The van der Waals surface area contributed by atoms with Gasteiger partial charge in [0.15, 0.2) is 6.10 Å². The van der Waals surface area contributed by atoms with Gasteiger partial charge in [-0.1, -0.05) is 6.07 Å². The first-order valence-corrected chi connectivity index (χ1v) is 6.04. The summed E-state index contributed by atoms with van der Waals surface area (Å²) in [5.74, 6) is 5.28. The van der Waals surface area contributed by atoms with Crippen LogP contribution in [0.25, 0.3) is 0 Å². The first-order valence-electron chi connectivity index (χ1n) is 6.04. The number of carbonyl (C=O) groups excluding carboxylic acids is 2. The third kappa shape index (κ3) is 2.53. The molecule has 0 saturated heterocycles. The molecule has 0 aromatic heterocycles. The summed E-state index contributed by atoms with van der Waals surface area (Å²) in [5.41, 5.74) is 1.36. The van der Waals surface area contributed by atoms with Gasteiger partial charge in [0.1, 0.15) is 5.75 Å². The summed E-state index contributed by atoms with van der Waals surface area (Å²) in [5, 5.41) is 3.81. The normalized spacial score (nSPS) is 18.9. The number of hydrogen-bond donors (Lipinski definition) is 2. The van der Waals surface area contributed by atoms with E-state index in [4.69, 9.17) is 10.6 Å². The number of anilines is 1. The van der Waals surface area contributed by atoms with Crippen molar-refractivity contribution in [3.05, 3.63) is 23.8 Å². The summed E-state index contributed by atoms with van der Waals surface area (Å²) >= 11 is 0. The maximum atomic E-state index is 11.8. The molecular formula is C13H17N3O3. The Morgan fingerprint density at radius 3 is 2.84 bits per heavy atom. The van der Waals surface area contributed by atoms with Crippen LogP contribution in [0.4, 0.5) is 5.69 Å². The van der Waals surface area contributed by atoms with Gasteiger partial charge in [0.2, 0.25) is 5.91 Å². The first kappa shape index (κ1) is 13.4. The molecule has 1 aliphatic heterocycles. The molecule has 1 aromatic carbocycles. The second kappa shape index (κ2) is 4.89. The zero-order valence-corrected chi connectivity index (χ0v) is 11.1. The highest BCUT2D eigenvalue weighted by Gasteiger charge is 2.25. The van der Waals surface area contributed by atoms with E-state index < -0.39 is 6.10 Å². The Morgan fingerprint density at radius 2 is 2.21 bits per heavy atom. The number of carbonyl (C=O) groups is 2. The molecule has 2 unspecified atom stereocenters. The Labute approximate surface area is 111 Å². The number of ether oxygens (including phenoxy) is 1. The van der Waals surface area contributed by atoms with Gasteiger partial charge in [-0.3, -0.25) is 14.6 Å². The van der Waals surface area contributed by atoms with Crippen molar-refractivity contribution in [1.82, 2.24) is 5.01 Å². The number of hydrazine groups is 1. The minimum Gasteiger partial charge on any atom is -0.479 e. The molecule has 0 radical (unpaired) electrons. The summed E-state index contributed by atoms with van der Waals surface area (Å²) in [6, 6.07) is 5.29. The van der Waals surface area contributed by atoms with Crippen molar-refractivity contribution in [1.29, 1.82) is 0 Å². The van der Waals surface area contributed by atoms with Crippen LogP contribution in [0.5, 0.6) is 5.75 Å². The molecule has 6 nitrogen and oxygen atoms in total. The Balaban J connectivity index is 2.29. The van der Waals surface area contributed by atoms with E-state index >= 15 is 0 Å². The molecule has 3 N–H and O–H groups in total. The first-order chi connectivity index (χ1) is 8.90. The Kier molecular flexibility index (Phi) is 3.44. The highest BCUT2D eigenvalue weighted by molar-refractivity contribution is 5.97. The van der Waals surface area contributed by atoms with E-state index in [9.17, 15) is 9.59 Å². The Hall–Kier alpha value is -2.08. The van der Waals surface area contributed by atoms with Crippen LogP contribution in [0.1, 0.15) is 25.3 Å². The fourth-order valence-electron chi connectivity index (χ4n) is 1.94. The van der Waals surface area contributed by atoms with E-state index in [-0.39, 0.29) is 17.7 Å². The van der Waals surface area contributed by atoms with E-state index in [1.54, 1.807) is 32.0 Å². The van der Waals surface area contributed by atoms with Crippen LogP contribution < -0.4 is 15.9 Å². The van der Waals surface area contributed by atoms with Crippen LogP contribution >= 0.6 is 0 Å². The average Bonchev–Trinajstić information content (AvgIpc) is 2.37. The van der Waals surface area contributed by atoms with Crippen molar-refractivity contribution >= 4 is 17.5 Å². The van der Waals surface area contributed by atoms with Crippen LogP contribution in [0.15, 0.2) is 18.2 Å². The number of fused-ring (bicyclic) bond motifs is 1. The molecule has 2 amide bonds. The zero-order valence-electron chi connectivity index (χ0n) is 11.1. The summed E-state index contributed by atoms with van der Waals surface area (Å²) < 4.78 is 5.45. The van der Waals surface area contributed by atoms with E-state index in [1.807, 2.05) is 0 Å². The predicted molar refractivity (Wildman–Crippen MR) is 70.5 cm³/mol. The molecule has 2 rings (SSSR count). The number of likely N-dealkylation sites (N-methyl/N-ethyl adjacent to an activating group) is 1. The smallest absolute Gasteiger partial charge is 0.265 e. The van der Waals surface area contributed by atoms with E-state index in [0.717, 1.165) is 10.6 Å². The highest BCUT2D eigenvalue weighted by atomic mass is 16.5. The van der Waals surface area contributed by atoms with Gasteiger partial charge in [-0.2, -0.15) is 0 Å². The van der Waals surface area contributed by atoms with Crippen molar-refractivity contribution in [2.75, 3.05) is 12.4 Å². The lowest BCUT2D eigenvalue weighted by Gasteiger charge is -2.24. The van der Waals surface area contributed by atoms with Crippen LogP contribution in [0.2, 0.25) is 0 Å². The van der Waals surface area contributed by atoms with Gasteiger partial charge in [-0.25, -0.2) is 5.84 Å². The van der Waals surface area contributed by atoms with Crippen molar-refractivity contribution in [3.63, 3.8) is 0 Å². The maximum absolute atomic E-state index is 11.8. The molecule has 0 fully saturated rings. The Bertz CT molecular complexity index is 528. The van der Waals surface area contributed by atoms with Gasteiger partial charge in [0.25, 0.3) is 5.91 Å². The van der Waals surface area contributed by atoms with E-state index in [1.165, 1.54) is 7.05 Å². The van der Waals surface area contributed by atoms with Gasteiger partial charge >= 0.3 is 0 Å². The van der Waals surface area contributed by atoms with Crippen LogP contribution in [0, 0.1) is 0 Å². The SMILES string of the molecule is CC1Oc2ccc(C(C)C(=O)N(C)N)cc2NC1=O. The van der Waals surface area contributed by atoms with Crippen LogP contribution in [-0.2, 0) is 9.59 Å². The number of nitrogens with two attached hydrogens (primary N) is 1. The number of benzene rings is 1.